The second-order valence-corrected chi connectivity index (χ2v) is 7.39. The van der Waals surface area contributed by atoms with Gasteiger partial charge in [0.05, 0.1) is 31.2 Å². The number of hydrogen-bond donors (Lipinski definition) is 0. The molecular weight excluding hydrogens is 352 g/mol. The first-order valence-corrected chi connectivity index (χ1v) is 9.84. The Kier molecular flexibility index (Phi) is 4.49. The van der Waals surface area contributed by atoms with Crippen LogP contribution in [0.25, 0.3) is 5.57 Å². The number of allylic oxidation sites excluding steroid dienone is 2. The predicted molar refractivity (Wildman–Crippen MR) is 108 cm³/mol. The summed E-state index contributed by atoms with van der Waals surface area (Å²) in [7, 11) is 0. The van der Waals surface area contributed by atoms with E-state index in [0.29, 0.717) is 13.0 Å². The maximum Gasteiger partial charge on any atom is 0.155 e. The second-order valence-electron chi connectivity index (χ2n) is 7.39. The average molecular weight is 374 g/mol. The quantitative estimate of drug-likeness (QED) is 0.826. The van der Waals surface area contributed by atoms with Gasteiger partial charge in [-0.2, -0.15) is 0 Å². The number of fused-ring (bicyclic) bond motifs is 1. The molecule has 1 aliphatic carbocycles. The van der Waals surface area contributed by atoms with Gasteiger partial charge < -0.3 is 9.64 Å². The van der Waals surface area contributed by atoms with Crippen molar-refractivity contribution in [3.8, 4) is 0 Å². The zero-order valence-electron chi connectivity index (χ0n) is 15.7. The van der Waals surface area contributed by atoms with Crippen LogP contribution in [0.4, 0.5) is 5.82 Å². The highest BCUT2D eigenvalue weighted by Crippen LogP contribution is 2.30. The van der Waals surface area contributed by atoms with Crippen LogP contribution in [-0.4, -0.2) is 47.8 Å². The summed E-state index contributed by atoms with van der Waals surface area (Å²) in [4.78, 5) is 27.8. The molecule has 0 atom stereocenters. The fraction of sp³-hybridized carbons (Fsp3) is 0.364. The van der Waals surface area contributed by atoms with E-state index in [2.05, 4.69) is 33.1 Å². The summed E-state index contributed by atoms with van der Waals surface area (Å²) in [6, 6.07) is 8.43. The van der Waals surface area contributed by atoms with E-state index in [1.54, 1.807) is 12.4 Å². The van der Waals surface area contributed by atoms with E-state index < -0.39 is 0 Å². The average Bonchev–Trinajstić information content (AvgIpc) is 3.18. The van der Waals surface area contributed by atoms with Gasteiger partial charge in [0, 0.05) is 31.1 Å². The molecule has 6 nitrogen and oxygen atoms in total. The summed E-state index contributed by atoms with van der Waals surface area (Å²) in [5.74, 6) is 1.14. The number of aliphatic imine (C=N–C) groups is 1. The lowest BCUT2D eigenvalue weighted by Crippen LogP contribution is -2.36. The van der Waals surface area contributed by atoms with Crippen molar-refractivity contribution in [1.29, 1.82) is 0 Å². The van der Waals surface area contributed by atoms with Gasteiger partial charge >= 0.3 is 0 Å². The monoisotopic (exact) mass is 374 g/mol. The van der Waals surface area contributed by atoms with E-state index >= 15 is 0 Å². The highest BCUT2D eigenvalue weighted by atomic mass is 16.5. The highest BCUT2D eigenvalue weighted by molar-refractivity contribution is 6.14. The summed E-state index contributed by atoms with van der Waals surface area (Å²) in [6.07, 6.45) is 5.96. The predicted octanol–water partition coefficient (Wildman–Crippen LogP) is 2.80. The molecule has 1 fully saturated rings. The molecule has 1 saturated heterocycles. The van der Waals surface area contributed by atoms with Gasteiger partial charge in [0.15, 0.2) is 5.78 Å². The molecule has 2 aromatic rings. The van der Waals surface area contributed by atoms with Gasteiger partial charge in [0.2, 0.25) is 0 Å². The Morgan fingerprint density at radius 1 is 1.04 bits per heavy atom. The lowest BCUT2D eigenvalue weighted by molar-refractivity contribution is -0.114. The number of ether oxygens (including phenoxy) is 1. The number of aromatic nitrogens is 2. The molecular formula is C22H22N4O2. The first-order valence-electron chi connectivity index (χ1n) is 9.84. The van der Waals surface area contributed by atoms with E-state index in [9.17, 15) is 4.79 Å². The Bertz CT molecular complexity index is 990. The molecule has 1 aromatic carbocycles. The van der Waals surface area contributed by atoms with E-state index in [1.165, 1.54) is 5.56 Å². The SMILES string of the molecule is O=C1C=C(c2ccc3c(c2)C(c2cc(N4CCOCC4)ncn2)=NC3)CCC1. The molecule has 3 aliphatic rings. The van der Waals surface area contributed by atoms with Crippen molar-refractivity contribution in [3.05, 3.63) is 59.1 Å². The Hall–Kier alpha value is -2.86. The highest BCUT2D eigenvalue weighted by Gasteiger charge is 2.22. The molecule has 1 aromatic heterocycles. The topological polar surface area (TPSA) is 67.7 Å². The van der Waals surface area contributed by atoms with E-state index in [1.807, 2.05) is 6.07 Å². The molecule has 5 rings (SSSR count). The summed E-state index contributed by atoms with van der Waals surface area (Å²) in [6.45, 7) is 3.79. The summed E-state index contributed by atoms with van der Waals surface area (Å²) in [5.41, 5.74) is 6.32. The Labute approximate surface area is 164 Å². The van der Waals surface area contributed by atoms with Gasteiger partial charge in [-0.25, -0.2) is 9.97 Å². The third-order valence-corrected chi connectivity index (χ3v) is 5.58. The van der Waals surface area contributed by atoms with Crippen molar-refractivity contribution in [2.45, 2.75) is 25.8 Å². The van der Waals surface area contributed by atoms with Crippen molar-refractivity contribution in [1.82, 2.24) is 9.97 Å². The van der Waals surface area contributed by atoms with Crippen LogP contribution in [0.15, 0.2) is 41.7 Å². The minimum absolute atomic E-state index is 0.224. The van der Waals surface area contributed by atoms with Gasteiger partial charge in [-0.3, -0.25) is 9.79 Å². The van der Waals surface area contributed by atoms with Crippen molar-refractivity contribution in [3.63, 3.8) is 0 Å². The van der Waals surface area contributed by atoms with Crippen molar-refractivity contribution < 1.29 is 9.53 Å². The fourth-order valence-corrected chi connectivity index (χ4v) is 4.06. The van der Waals surface area contributed by atoms with E-state index in [0.717, 1.165) is 73.1 Å². The fourth-order valence-electron chi connectivity index (χ4n) is 4.06. The molecule has 2 aliphatic heterocycles. The molecule has 0 bridgehead atoms. The molecule has 28 heavy (non-hydrogen) atoms. The molecule has 6 heteroatoms. The third kappa shape index (κ3) is 3.24. The number of anilines is 1. The van der Waals surface area contributed by atoms with Crippen LogP contribution in [-0.2, 0) is 16.1 Å². The lowest BCUT2D eigenvalue weighted by Gasteiger charge is -2.27. The van der Waals surface area contributed by atoms with Crippen molar-refractivity contribution in [2.75, 3.05) is 31.2 Å². The molecule has 0 amide bonds. The van der Waals surface area contributed by atoms with Gasteiger partial charge in [-0.05, 0) is 41.7 Å². The third-order valence-electron chi connectivity index (χ3n) is 5.58. The minimum Gasteiger partial charge on any atom is -0.378 e. The van der Waals surface area contributed by atoms with E-state index in [4.69, 9.17) is 9.73 Å². The van der Waals surface area contributed by atoms with Gasteiger partial charge in [-0.15, -0.1) is 0 Å². The number of carbonyl (C=O) groups excluding carboxylic acids is 1. The number of hydrogen-bond acceptors (Lipinski definition) is 6. The summed E-state index contributed by atoms with van der Waals surface area (Å²) < 4.78 is 5.44. The Balaban J connectivity index is 1.48. The number of benzene rings is 1. The maximum absolute atomic E-state index is 11.8. The first kappa shape index (κ1) is 17.3. The minimum atomic E-state index is 0.224. The Morgan fingerprint density at radius 3 is 2.79 bits per heavy atom. The van der Waals surface area contributed by atoms with Crippen LogP contribution >= 0.6 is 0 Å². The zero-order chi connectivity index (χ0) is 18.9. The van der Waals surface area contributed by atoms with Crippen LogP contribution in [0.2, 0.25) is 0 Å². The number of rotatable bonds is 3. The van der Waals surface area contributed by atoms with Crippen molar-refractivity contribution in [2.24, 2.45) is 4.99 Å². The van der Waals surface area contributed by atoms with E-state index in [-0.39, 0.29) is 5.78 Å². The Morgan fingerprint density at radius 2 is 1.93 bits per heavy atom. The summed E-state index contributed by atoms with van der Waals surface area (Å²) in [5, 5.41) is 0. The standard InChI is InChI=1S/C22H22N4O2/c27-18-3-1-2-15(10-18)16-4-5-17-13-23-22(19(17)11-16)20-12-21(25-14-24-20)26-6-8-28-9-7-26/h4-5,10-12,14H,1-3,6-9,13H2. The normalized spacial score (nSPS) is 19.3. The van der Waals surface area contributed by atoms with Crippen LogP contribution in [0.1, 0.15) is 41.6 Å². The number of nitrogens with zero attached hydrogens (tertiary/aromatic N) is 4. The van der Waals surface area contributed by atoms with Gasteiger partial charge in [0.1, 0.15) is 12.1 Å². The van der Waals surface area contributed by atoms with Crippen LogP contribution in [0, 0.1) is 0 Å². The van der Waals surface area contributed by atoms with Gasteiger partial charge in [-0.1, -0.05) is 12.1 Å². The number of morpholine rings is 1. The lowest BCUT2D eigenvalue weighted by atomic mass is 9.90. The number of ketones is 1. The number of carbonyl (C=O) groups is 1. The zero-order valence-corrected chi connectivity index (χ0v) is 15.7. The molecule has 0 spiro atoms. The van der Waals surface area contributed by atoms with Crippen molar-refractivity contribution >= 4 is 22.9 Å². The molecule has 0 radical (unpaired) electrons. The summed E-state index contributed by atoms with van der Waals surface area (Å²) >= 11 is 0. The molecule has 3 heterocycles. The van der Waals surface area contributed by atoms with Crippen LogP contribution in [0.3, 0.4) is 0 Å². The molecule has 0 saturated carbocycles. The largest absolute Gasteiger partial charge is 0.378 e. The van der Waals surface area contributed by atoms with Crippen LogP contribution in [0.5, 0.6) is 0 Å². The van der Waals surface area contributed by atoms with Crippen LogP contribution < -0.4 is 4.90 Å². The molecule has 0 N–H and O–H groups in total. The smallest absolute Gasteiger partial charge is 0.155 e. The molecule has 0 unspecified atom stereocenters. The maximum atomic E-state index is 11.8. The molecule has 142 valence electrons. The second kappa shape index (κ2) is 7.28. The first-order chi connectivity index (χ1) is 13.8. The van der Waals surface area contributed by atoms with Gasteiger partial charge in [0.25, 0.3) is 0 Å².